The second kappa shape index (κ2) is 8.37. The van der Waals surface area contributed by atoms with Crippen LogP contribution in [0.25, 0.3) is 0 Å². The van der Waals surface area contributed by atoms with Gasteiger partial charge >= 0.3 is 0 Å². The van der Waals surface area contributed by atoms with Crippen molar-refractivity contribution in [3.63, 3.8) is 0 Å². The van der Waals surface area contributed by atoms with Crippen molar-refractivity contribution in [2.75, 3.05) is 6.54 Å². The van der Waals surface area contributed by atoms with E-state index in [0.717, 1.165) is 12.5 Å². The third-order valence-electron chi connectivity index (χ3n) is 3.71. The Morgan fingerprint density at radius 1 is 1.00 bits per heavy atom. The molecule has 1 aromatic rings. The molecule has 0 aliphatic carbocycles. The molecule has 0 radical (unpaired) electrons. The van der Waals surface area contributed by atoms with Crippen LogP contribution < -0.4 is 5.32 Å². The average Bonchev–Trinajstić information content (AvgIpc) is 2.33. The van der Waals surface area contributed by atoms with Gasteiger partial charge in [-0.3, -0.25) is 0 Å². The van der Waals surface area contributed by atoms with Crippen molar-refractivity contribution in [1.29, 1.82) is 0 Å². The molecule has 1 nitrogen and oxygen atoms in total. The van der Waals surface area contributed by atoms with Gasteiger partial charge in [-0.15, -0.1) is 0 Å². The minimum atomic E-state index is 0.514. The summed E-state index contributed by atoms with van der Waals surface area (Å²) >= 11 is 0. The molecule has 0 amide bonds. The lowest BCUT2D eigenvalue weighted by Gasteiger charge is -2.23. The van der Waals surface area contributed by atoms with E-state index < -0.39 is 0 Å². The summed E-state index contributed by atoms with van der Waals surface area (Å²) in [7, 11) is 0. The van der Waals surface area contributed by atoms with Crippen LogP contribution in [0.1, 0.15) is 69.2 Å². The van der Waals surface area contributed by atoms with E-state index >= 15 is 0 Å². The van der Waals surface area contributed by atoms with Gasteiger partial charge in [0.25, 0.3) is 0 Å². The van der Waals surface area contributed by atoms with Gasteiger partial charge in [-0.05, 0) is 44.7 Å². The minimum Gasteiger partial charge on any atom is -0.310 e. The summed E-state index contributed by atoms with van der Waals surface area (Å²) in [4.78, 5) is 0. The lowest BCUT2D eigenvalue weighted by Crippen LogP contribution is -2.24. The van der Waals surface area contributed by atoms with Crippen molar-refractivity contribution < 1.29 is 0 Å². The Hall–Kier alpha value is -0.820. The molecule has 0 fully saturated rings. The van der Waals surface area contributed by atoms with Crippen molar-refractivity contribution in [2.45, 2.75) is 66.3 Å². The lowest BCUT2D eigenvalue weighted by atomic mass is 9.91. The first-order chi connectivity index (χ1) is 9.06. The standard InChI is InChI=1S/C18H31N/c1-6-8-14(3)13-18(19-9-7-2)17-11-15(4)10-16(5)12-17/h10-12,14,18-19H,6-9,13H2,1-5H3. The van der Waals surface area contributed by atoms with E-state index in [1.54, 1.807) is 0 Å². The summed E-state index contributed by atoms with van der Waals surface area (Å²) in [5.41, 5.74) is 4.22. The van der Waals surface area contributed by atoms with Crippen molar-refractivity contribution in [1.82, 2.24) is 5.32 Å². The highest BCUT2D eigenvalue weighted by Gasteiger charge is 2.15. The molecule has 0 aliphatic rings. The molecule has 1 aromatic carbocycles. The highest BCUT2D eigenvalue weighted by Crippen LogP contribution is 2.25. The minimum absolute atomic E-state index is 0.514. The fraction of sp³-hybridized carbons (Fsp3) is 0.667. The van der Waals surface area contributed by atoms with Gasteiger partial charge in [-0.2, -0.15) is 0 Å². The maximum absolute atomic E-state index is 3.73. The van der Waals surface area contributed by atoms with Crippen molar-refractivity contribution >= 4 is 0 Å². The summed E-state index contributed by atoms with van der Waals surface area (Å²) in [5, 5.41) is 3.73. The van der Waals surface area contributed by atoms with Gasteiger partial charge in [0.2, 0.25) is 0 Å². The Bertz CT molecular complexity index is 350. The van der Waals surface area contributed by atoms with Crippen LogP contribution in [0.5, 0.6) is 0 Å². The molecule has 2 unspecified atom stereocenters. The number of hydrogen-bond acceptors (Lipinski definition) is 1. The predicted octanol–water partition coefficient (Wildman–Crippen LogP) is 5.17. The number of aryl methyl sites for hydroxylation is 2. The Kier molecular flexibility index (Phi) is 7.15. The molecule has 0 aliphatic heterocycles. The molecular formula is C18H31N. The highest BCUT2D eigenvalue weighted by atomic mass is 14.9. The third kappa shape index (κ3) is 5.78. The zero-order valence-corrected chi connectivity index (χ0v) is 13.4. The van der Waals surface area contributed by atoms with E-state index in [2.05, 4.69) is 58.1 Å². The summed E-state index contributed by atoms with van der Waals surface area (Å²) < 4.78 is 0. The van der Waals surface area contributed by atoms with Crippen LogP contribution in [-0.2, 0) is 0 Å². The molecule has 0 spiro atoms. The van der Waals surface area contributed by atoms with E-state index in [-0.39, 0.29) is 0 Å². The second-order valence-corrected chi connectivity index (χ2v) is 6.06. The molecule has 2 atom stereocenters. The molecule has 1 rings (SSSR count). The Balaban J connectivity index is 2.82. The molecule has 0 heterocycles. The fourth-order valence-corrected chi connectivity index (χ4v) is 2.88. The molecule has 1 N–H and O–H groups in total. The van der Waals surface area contributed by atoms with Gasteiger partial charge in [0, 0.05) is 6.04 Å². The van der Waals surface area contributed by atoms with E-state index in [1.165, 1.54) is 42.4 Å². The maximum Gasteiger partial charge on any atom is 0.0322 e. The second-order valence-electron chi connectivity index (χ2n) is 6.06. The van der Waals surface area contributed by atoms with Crippen molar-refractivity contribution in [3.8, 4) is 0 Å². The fourth-order valence-electron chi connectivity index (χ4n) is 2.88. The summed E-state index contributed by atoms with van der Waals surface area (Å²) in [6, 6.07) is 7.47. The Labute approximate surface area is 119 Å². The van der Waals surface area contributed by atoms with E-state index in [0.29, 0.717) is 6.04 Å². The first-order valence-corrected chi connectivity index (χ1v) is 7.88. The van der Waals surface area contributed by atoms with E-state index in [1.807, 2.05) is 0 Å². The average molecular weight is 261 g/mol. The predicted molar refractivity (Wildman–Crippen MR) is 85.6 cm³/mol. The molecule has 1 heteroatoms. The van der Waals surface area contributed by atoms with Gasteiger partial charge in [-0.25, -0.2) is 0 Å². The molecule has 0 bridgehead atoms. The van der Waals surface area contributed by atoms with Crippen LogP contribution in [0.3, 0.4) is 0 Å². The van der Waals surface area contributed by atoms with Crippen molar-refractivity contribution in [3.05, 3.63) is 34.9 Å². The molecule has 0 saturated carbocycles. The largest absolute Gasteiger partial charge is 0.310 e. The van der Waals surface area contributed by atoms with E-state index in [9.17, 15) is 0 Å². The number of hydrogen-bond donors (Lipinski definition) is 1. The smallest absolute Gasteiger partial charge is 0.0322 e. The normalized spacial score (nSPS) is 14.4. The van der Waals surface area contributed by atoms with Crippen LogP contribution in [0.2, 0.25) is 0 Å². The van der Waals surface area contributed by atoms with Gasteiger partial charge in [0.05, 0.1) is 0 Å². The zero-order chi connectivity index (χ0) is 14.3. The van der Waals surface area contributed by atoms with E-state index in [4.69, 9.17) is 0 Å². The maximum atomic E-state index is 3.73. The molecule has 0 aromatic heterocycles. The summed E-state index contributed by atoms with van der Waals surface area (Å²) in [5.74, 6) is 0.792. The quantitative estimate of drug-likeness (QED) is 0.680. The monoisotopic (exact) mass is 261 g/mol. The van der Waals surface area contributed by atoms with Crippen LogP contribution in [-0.4, -0.2) is 6.54 Å². The lowest BCUT2D eigenvalue weighted by molar-refractivity contribution is 0.390. The van der Waals surface area contributed by atoms with Gasteiger partial charge in [0.15, 0.2) is 0 Å². The summed E-state index contributed by atoms with van der Waals surface area (Å²) in [6.07, 6.45) is 5.06. The van der Waals surface area contributed by atoms with Gasteiger partial charge in [0.1, 0.15) is 0 Å². The molecule has 0 saturated heterocycles. The van der Waals surface area contributed by atoms with Crippen LogP contribution in [0.4, 0.5) is 0 Å². The van der Waals surface area contributed by atoms with Crippen molar-refractivity contribution in [2.24, 2.45) is 5.92 Å². The Morgan fingerprint density at radius 2 is 1.63 bits per heavy atom. The van der Waals surface area contributed by atoms with Crippen LogP contribution >= 0.6 is 0 Å². The molecular weight excluding hydrogens is 230 g/mol. The van der Waals surface area contributed by atoms with Gasteiger partial charge < -0.3 is 5.32 Å². The SMILES string of the molecule is CCCNC(CC(C)CCC)c1cc(C)cc(C)c1. The molecule has 108 valence electrons. The number of rotatable bonds is 8. The summed E-state index contributed by atoms with van der Waals surface area (Å²) in [6.45, 7) is 12.4. The van der Waals surface area contributed by atoms with Crippen LogP contribution in [0, 0.1) is 19.8 Å². The molecule has 19 heavy (non-hydrogen) atoms. The topological polar surface area (TPSA) is 12.0 Å². The zero-order valence-electron chi connectivity index (χ0n) is 13.4. The number of benzene rings is 1. The Morgan fingerprint density at radius 3 is 2.16 bits per heavy atom. The first kappa shape index (κ1) is 16.2. The van der Waals surface area contributed by atoms with Crippen LogP contribution in [0.15, 0.2) is 18.2 Å². The highest BCUT2D eigenvalue weighted by molar-refractivity contribution is 5.30. The number of nitrogens with one attached hydrogen (secondary N) is 1. The van der Waals surface area contributed by atoms with Gasteiger partial charge in [-0.1, -0.05) is 62.9 Å². The first-order valence-electron chi connectivity index (χ1n) is 7.88. The third-order valence-corrected chi connectivity index (χ3v) is 3.71.